The molecule has 102 valence electrons. The first-order valence-corrected chi connectivity index (χ1v) is 7.01. The van der Waals surface area contributed by atoms with Crippen LogP contribution in [0.15, 0.2) is 18.2 Å². The molecule has 1 aliphatic carbocycles. The molecule has 1 saturated carbocycles. The lowest BCUT2D eigenvalue weighted by Crippen LogP contribution is -2.47. The van der Waals surface area contributed by atoms with Crippen LogP contribution in [0.5, 0.6) is 5.75 Å². The zero-order valence-electron chi connectivity index (χ0n) is 11.4. The van der Waals surface area contributed by atoms with Gasteiger partial charge in [0.25, 0.3) is 0 Å². The topological polar surface area (TPSA) is 26.3 Å². The fraction of sp³-hybridized carbons (Fsp3) is 0.562. The summed E-state index contributed by atoms with van der Waals surface area (Å²) < 4.78 is 19.4. The van der Waals surface area contributed by atoms with Crippen molar-refractivity contribution < 1.29 is 13.9 Å². The molecule has 0 N–H and O–H groups in total. The van der Waals surface area contributed by atoms with Gasteiger partial charge in [0.15, 0.2) is 5.78 Å². The van der Waals surface area contributed by atoms with Gasteiger partial charge in [0.05, 0.1) is 12.0 Å². The molecule has 0 saturated heterocycles. The number of carbonyl (C=O) groups excluding carboxylic acids is 1. The molecule has 1 heterocycles. The van der Waals surface area contributed by atoms with Crippen LogP contribution >= 0.6 is 0 Å². The number of rotatable bonds is 0. The summed E-state index contributed by atoms with van der Waals surface area (Å²) in [5.74, 6) is 1.37. The van der Waals surface area contributed by atoms with Crippen molar-refractivity contribution in [2.45, 2.75) is 45.1 Å². The molecule has 1 aromatic carbocycles. The highest BCUT2D eigenvalue weighted by molar-refractivity contribution is 6.00. The summed E-state index contributed by atoms with van der Waals surface area (Å²) in [5.41, 5.74) is 0.127. The van der Waals surface area contributed by atoms with Crippen LogP contribution in [0.25, 0.3) is 0 Å². The third-order valence-corrected chi connectivity index (χ3v) is 4.77. The molecule has 3 heteroatoms. The van der Waals surface area contributed by atoms with Gasteiger partial charge in [0.1, 0.15) is 17.2 Å². The predicted molar refractivity (Wildman–Crippen MR) is 70.9 cm³/mol. The number of carbonyl (C=O) groups is 1. The van der Waals surface area contributed by atoms with Crippen molar-refractivity contribution in [3.05, 3.63) is 29.6 Å². The number of Topliss-reactive ketones (excluding diaryl/α,β-unsaturated/α-hetero) is 1. The van der Waals surface area contributed by atoms with Gasteiger partial charge in [-0.1, -0.05) is 13.8 Å². The molecule has 1 fully saturated rings. The third kappa shape index (κ3) is 2.15. The predicted octanol–water partition coefficient (Wildman–Crippen LogP) is 3.99. The zero-order chi connectivity index (χ0) is 13.6. The SMILES string of the molecule is CC1CCC2(CC(=O)c3ccc(F)cc3O2)CC1C. The average molecular weight is 262 g/mol. The van der Waals surface area contributed by atoms with E-state index in [1.165, 1.54) is 18.2 Å². The van der Waals surface area contributed by atoms with Crippen LogP contribution in [0.2, 0.25) is 0 Å². The van der Waals surface area contributed by atoms with Crippen LogP contribution < -0.4 is 4.74 Å². The lowest BCUT2D eigenvalue weighted by atomic mass is 9.70. The van der Waals surface area contributed by atoms with Gasteiger partial charge < -0.3 is 4.74 Å². The number of hydrogen-bond acceptors (Lipinski definition) is 2. The van der Waals surface area contributed by atoms with Crippen LogP contribution in [0.4, 0.5) is 4.39 Å². The van der Waals surface area contributed by atoms with Crippen molar-refractivity contribution in [3.63, 3.8) is 0 Å². The maximum atomic E-state index is 13.3. The minimum Gasteiger partial charge on any atom is -0.486 e. The Labute approximate surface area is 113 Å². The number of benzene rings is 1. The van der Waals surface area contributed by atoms with Crippen LogP contribution in [0.1, 0.15) is 49.9 Å². The number of ketones is 1. The highest BCUT2D eigenvalue weighted by atomic mass is 19.1. The molecule has 0 bridgehead atoms. The number of halogens is 1. The summed E-state index contributed by atoms with van der Waals surface area (Å²) in [6, 6.07) is 4.20. The number of hydrogen-bond donors (Lipinski definition) is 0. The largest absolute Gasteiger partial charge is 0.486 e. The standard InChI is InChI=1S/C16H19FO2/c1-10-5-6-16(8-11(10)2)9-14(18)13-4-3-12(17)7-15(13)19-16/h3-4,7,10-11H,5-6,8-9H2,1-2H3. The normalized spacial score (nSPS) is 33.9. The van der Waals surface area contributed by atoms with Gasteiger partial charge in [-0.05, 0) is 43.2 Å². The van der Waals surface area contributed by atoms with Gasteiger partial charge in [-0.15, -0.1) is 0 Å². The van der Waals surface area contributed by atoms with E-state index >= 15 is 0 Å². The maximum absolute atomic E-state index is 13.3. The molecule has 0 amide bonds. The Balaban J connectivity index is 1.94. The van der Waals surface area contributed by atoms with Crippen molar-refractivity contribution in [2.75, 3.05) is 0 Å². The van der Waals surface area contributed by atoms with Gasteiger partial charge in [0, 0.05) is 6.07 Å². The summed E-state index contributed by atoms with van der Waals surface area (Å²) in [4.78, 5) is 12.3. The first-order chi connectivity index (χ1) is 8.99. The summed E-state index contributed by atoms with van der Waals surface area (Å²) >= 11 is 0. The summed E-state index contributed by atoms with van der Waals surface area (Å²) in [6.07, 6.45) is 3.28. The van der Waals surface area contributed by atoms with Crippen molar-refractivity contribution in [2.24, 2.45) is 11.8 Å². The Kier molecular flexibility index (Phi) is 2.88. The van der Waals surface area contributed by atoms with Gasteiger partial charge in [-0.25, -0.2) is 4.39 Å². The van der Waals surface area contributed by atoms with E-state index in [0.717, 1.165) is 19.3 Å². The molecule has 0 radical (unpaired) electrons. The summed E-state index contributed by atoms with van der Waals surface area (Å²) in [7, 11) is 0. The molecule has 1 aliphatic heterocycles. The Morgan fingerprint density at radius 2 is 2.11 bits per heavy atom. The van der Waals surface area contributed by atoms with E-state index in [-0.39, 0.29) is 11.6 Å². The molecular weight excluding hydrogens is 243 g/mol. The molecule has 3 rings (SSSR count). The van der Waals surface area contributed by atoms with Gasteiger partial charge in [0.2, 0.25) is 0 Å². The van der Waals surface area contributed by atoms with Crippen LogP contribution in [-0.4, -0.2) is 11.4 Å². The molecule has 2 aliphatic rings. The molecule has 2 nitrogen and oxygen atoms in total. The van der Waals surface area contributed by atoms with Crippen molar-refractivity contribution in [1.29, 1.82) is 0 Å². The van der Waals surface area contributed by atoms with Crippen LogP contribution in [0.3, 0.4) is 0 Å². The summed E-state index contributed by atoms with van der Waals surface area (Å²) in [6.45, 7) is 4.45. The first-order valence-electron chi connectivity index (χ1n) is 7.01. The highest BCUT2D eigenvalue weighted by Crippen LogP contribution is 2.45. The highest BCUT2D eigenvalue weighted by Gasteiger charge is 2.44. The molecular formula is C16H19FO2. The van der Waals surface area contributed by atoms with E-state index in [1.807, 2.05) is 0 Å². The van der Waals surface area contributed by atoms with E-state index in [2.05, 4.69) is 13.8 Å². The van der Waals surface area contributed by atoms with Crippen LogP contribution in [-0.2, 0) is 0 Å². The minimum atomic E-state index is -0.399. The van der Waals surface area contributed by atoms with E-state index in [1.54, 1.807) is 0 Å². The monoisotopic (exact) mass is 262 g/mol. The number of ether oxygens (including phenoxy) is 1. The quantitative estimate of drug-likeness (QED) is 0.706. The van der Waals surface area contributed by atoms with Gasteiger partial charge in [-0.3, -0.25) is 4.79 Å². The third-order valence-electron chi connectivity index (χ3n) is 4.77. The Hall–Kier alpha value is -1.38. The average Bonchev–Trinajstić information content (AvgIpc) is 2.34. The first kappa shape index (κ1) is 12.6. The fourth-order valence-corrected chi connectivity index (χ4v) is 3.39. The van der Waals surface area contributed by atoms with Crippen molar-refractivity contribution in [3.8, 4) is 5.75 Å². The second-order valence-electron chi connectivity index (χ2n) is 6.22. The lowest BCUT2D eigenvalue weighted by Gasteiger charge is -2.44. The van der Waals surface area contributed by atoms with E-state index in [4.69, 9.17) is 4.74 Å². The second-order valence-corrected chi connectivity index (χ2v) is 6.22. The molecule has 1 aromatic rings. The Morgan fingerprint density at radius 3 is 2.84 bits per heavy atom. The molecule has 3 atom stereocenters. The van der Waals surface area contributed by atoms with Gasteiger partial charge in [-0.2, -0.15) is 0 Å². The molecule has 1 spiro atoms. The smallest absolute Gasteiger partial charge is 0.170 e. The van der Waals surface area contributed by atoms with E-state index in [0.29, 0.717) is 29.6 Å². The Bertz CT molecular complexity index is 525. The van der Waals surface area contributed by atoms with E-state index < -0.39 is 5.60 Å². The van der Waals surface area contributed by atoms with Crippen molar-refractivity contribution >= 4 is 5.78 Å². The lowest BCUT2D eigenvalue weighted by molar-refractivity contribution is -0.0154. The number of fused-ring (bicyclic) bond motifs is 1. The Morgan fingerprint density at radius 1 is 1.32 bits per heavy atom. The maximum Gasteiger partial charge on any atom is 0.170 e. The fourth-order valence-electron chi connectivity index (χ4n) is 3.39. The van der Waals surface area contributed by atoms with E-state index in [9.17, 15) is 9.18 Å². The van der Waals surface area contributed by atoms with Crippen LogP contribution in [0, 0.1) is 17.7 Å². The minimum absolute atomic E-state index is 0.0861. The van der Waals surface area contributed by atoms with Crippen molar-refractivity contribution in [1.82, 2.24) is 0 Å². The summed E-state index contributed by atoms with van der Waals surface area (Å²) in [5, 5.41) is 0. The molecule has 0 aromatic heterocycles. The zero-order valence-corrected chi connectivity index (χ0v) is 11.4. The molecule has 3 unspecified atom stereocenters. The molecule has 19 heavy (non-hydrogen) atoms. The second kappa shape index (κ2) is 4.32. The van der Waals surface area contributed by atoms with Gasteiger partial charge >= 0.3 is 0 Å².